The second-order valence-electron chi connectivity index (χ2n) is 6.40. The van der Waals surface area contributed by atoms with Crippen molar-refractivity contribution in [3.8, 4) is 17.2 Å². The number of thiazole rings is 1. The molecule has 6 nitrogen and oxygen atoms in total. The van der Waals surface area contributed by atoms with Crippen molar-refractivity contribution in [2.45, 2.75) is 13.3 Å². The van der Waals surface area contributed by atoms with Gasteiger partial charge in [-0.25, -0.2) is 0 Å². The van der Waals surface area contributed by atoms with E-state index in [1.165, 1.54) is 11.3 Å². The summed E-state index contributed by atoms with van der Waals surface area (Å²) in [5, 5.41) is 2.92. The van der Waals surface area contributed by atoms with Crippen LogP contribution in [-0.2, 0) is 6.42 Å². The van der Waals surface area contributed by atoms with Crippen molar-refractivity contribution in [2.75, 3.05) is 26.5 Å². The number of nitrogens with zero attached hydrogens (tertiary/aromatic N) is 1. The molecular weight excluding hydrogens is 406 g/mol. The number of aromatic nitrogens is 1. The van der Waals surface area contributed by atoms with Crippen LogP contribution in [0.15, 0.2) is 42.5 Å². The quantitative estimate of drug-likeness (QED) is 0.552. The van der Waals surface area contributed by atoms with E-state index in [1.54, 1.807) is 18.8 Å². The molecule has 3 N–H and O–H groups in total. The van der Waals surface area contributed by atoms with Gasteiger partial charge in [-0.3, -0.25) is 9.36 Å². The number of ether oxygens (including phenoxy) is 2. The van der Waals surface area contributed by atoms with Gasteiger partial charge in [0.05, 0.1) is 19.9 Å². The number of aryl methyl sites for hydroxylation is 1. The fourth-order valence-electron chi connectivity index (χ4n) is 3.03. The van der Waals surface area contributed by atoms with Gasteiger partial charge < -0.3 is 20.5 Å². The Balaban J connectivity index is 1.72. The molecule has 29 heavy (non-hydrogen) atoms. The molecule has 2 aromatic carbocycles. The highest BCUT2D eigenvalue weighted by Crippen LogP contribution is 2.29. The van der Waals surface area contributed by atoms with E-state index >= 15 is 0 Å². The smallest absolute Gasteiger partial charge is 0.265 e. The Morgan fingerprint density at radius 3 is 2.59 bits per heavy atom. The Morgan fingerprint density at radius 1 is 1.17 bits per heavy atom. The fraction of sp³-hybridized carbons (Fsp3) is 0.238. The van der Waals surface area contributed by atoms with E-state index in [0.717, 1.165) is 16.8 Å². The molecule has 1 amide bonds. The summed E-state index contributed by atoms with van der Waals surface area (Å²) in [4.78, 5) is 13.1. The summed E-state index contributed by atoms with van der Waals surface area (Å²) in [6, 6.07) is 13.5. The summed E-state index contributed by atoms with van der Waals surface area (Å²) in [5.41, 5.74) is 9.22. The lowest BCUT2D eigenvalue weighted by atomic mass is 10.1. The van der Waals surface area contributed by atoms with Crippen molar-refractivity contribution in [1.29, 1.82) is 0 Å². The van der Waals surface area contributed by atoms with Crippen LogP contribution in [0.2, 0.25) is 0 Å². The van der Waals surface area contributed by atoms with E-state index in [2.05, 4.69) is 5.32 Å². The first-order valence-corrected chi connectivity index (χ1v) is 10.2. The molecule has 3 aromatic rings. The number of benzene rings is 2. The molecule has 8 heteroatoms. The maximum absolute atomic E-state index is 12.7. The van der Waals surface area contributed by atoms with Gasteiger partial charge >= 0.3 is 0 Å². The number of rotatable bonds is 7. The number of nitrogens with two attached hydrogens (primary N) is 1. The first-order chi connectivity index (χ1) is 14.0. The normalized spacial score (nSPS) is 10.6. The van der Waals surface area contributed by atoms with Gasteiger partial charge in [0.2, 0.25) is 0 Å². The zero-order valence-corrected chi connectivity index (χ0v) is 18.2. The molecule has 0 spiro atoms. The first kappa shape index (κ1) is 20.9. The second-order valence-corrected chi connectivity index (χ2v) is 8.04. The van der Waals surface area contributed by atoms with Crippen molar-refractivity contribution in [3.05, 3.63) is 62.4 Å². The van der Waals surface area contributed by atoms with Crippen molar-refractivity contribution < 1.29 is 14.3 Å². The highest BCUT2D eigenvalue weighted by molar-refractivity contribution is 7.73. The van der Waals surface area contributed by atoms with E-state index < -0.39 is 0 Å². The van der Waals surface area contributed by atoms with E-state index in [4.69, 9.17) is 27.4 Å². The molecule has 1 aromatic heterocycles. The number of hydrogen-bond acceptors (Lipinski definition) is 6. The zero-order valence-electron chi connectivity index (χ0n) is 16.5. The zero-order chi connectivity index (χ0) is 21.0. The highest BCUT2D eigenvalue weighted by Gasteiger charge is 2.18. The number of carbonyl (C=O) groups is 1. The van der Waals surface area contributed by atoms with E-state index in [0.29, 0.717) is 39.1 Å². The lowest BCUT2D eigenvalue weighted by Crippen LogP contribution is -2.26. The SMILES string of the molecule is COc1ccc(CCNC(=O)c2sc(=S)n(-c3ccccc3C)c2N)cc1OC. The number of carbonyl (C=O) groups excluding carboxylic acids is 1. The van der Waals surface area contributed by atoms with E-state index in [1.807, 2.05) is 49.4 Å². The van der Waals surface area contributed by atoms with Crippen LogP contribution >= 0.6 is 23.6 Å². The Hall–Kier alpha value is -2.84. The lowest BCUT2D eigenvalue weighted by molar-refractivity contribution is 0.0958. The predicted octanol–water partition coefficient (Wildman–Crippen LogP) is 4.15. The fourth-order valence-corrected chi connectivity index (χ4v) is 4.30. The Kier molecular flexibility index (Phi) is 6.56. The van der Waals surface area contributed by atoms with Crippen LogP contribution in [0.25, 0.3) is 5.69 Å². The molecule has 152 valence electrons. The Labute approximate surface area is 178 Å². The summed E-state index contributed by atoms with van der Waals surface area (Å²) < 4.78 is 12.9. The lowest BCUT2D eigenvalue weighted by Gasteiger charge is -2.11. The minimum Gasteiger partial charge on any atom is -0.493 e. The topological polar surface area (TPSA) is 78.5 Å². The van der Waals surface area contributed by atoms with Crippen molar-refractivity contribution in [2.24, 2.45) is 0 Å². The first-order valence-electron chi connectivity index (χ1n) is 9.02. The number of para-hydroxylation sites is 1. The molecule has 0 fully saturated rings. The maximum atomic E-state index is 12.7. The average molecular weight is 430 g/mol. The van der Waals surface area contributed by atoms with Gasteiger partial charge in [-0.1, -0.05) is 35.6 Å². The molecule has 0 atom stereocenters. The Morgan fingerprint density at radius 2 is 1.90 bits per heavy atom. The van der Waals surface area contributed by atoms with Crippen LogP contribution < -0.4 is 20.5 Å². The van der Waals surface area contributed by atoms with Gasteiger partial charge in [0.1, 0.15) is 10.7 Å². The number of nitrogens with one attached hydrogen (secondary N) is 1. The summed E-state index contributed by atoms with van der Waals surface area (Å²) in [6.07, 6.45) is 0.649. The van der Waals surface area contributed by atoms with Crippen LogP contribution in [0, 0.1) is 10.9 Å². The van der Waals surface area contributed by atoms with Gasteiger partial charge in [-0.05, 0) is 54.9 Å². The predicted molar refractivity (Wildman–Crippen MR) is 119 cm³/mol. The summed E-state index contributed by atoms with van der Waals surface area (Å²) in [6.45, 7) is 2.44. The van der Waals surface area contributed by atoms with Crippen LogP contribution in [-0.4, -0.2) is 31.2 Å². The summed E-state index contributed by atoms with van der Waals surface area (Å²) in [5.74, 6) is 1.46. The van der Waals surface area contributed by atoms with E-state index in [-0.39, 0.29) is 5.91 Å². The summed E-state index contributed by atoms with van der Waals surface area (Å²) >= 11 is 6.67. The van der Waals surface area contributed by atoms with Gasteiger partial charge in [-0.2, -0.15) is 0 Å². The molecule has 0 radical (unpaired) electrons. The van der Waals surface area contributed by atoms with Crippen molar-refractivity contribution in [1.82, 2.24) is 9.88 Å². The average Bonchev–Trinajstić information content (AvgIpc) is 3.02. The molecule has 0 saturated heterocycles. The molecule has 0 saturated carbocycles. The van der Waals surface area contributed by atoms with E-state index in [9.17, 15) is 4.79 Å². The standard InChI is InChI=1S/C21H23N3O3S2/c1-13-6-4-5-7-15(13)24-19(22)18(29-21(24)28)20(25)23-11-10-14-8-9-16(26-2)17(12-14)27-3/h4-9,12H,10-11,22H2,1-3H3,(H,23,25). The number of methoxy groups -OCH3 is 2. The monoisotopic (exact) mass is 429 g/mol. The third-order valence-electron chi connectivity index (χ3n) is 4.56. The minimum absolute atomic E-state index is 0.230. The molecule has 0 aliphatic rings. The van der Waals surface area contributed by atoms with Crippen LogP contribution in [0.3, 0.4) is 0 Å². The molecule has 0 bridgehead atoms. The molecule has 0 aliphatic heterocycles. The van der Waals surface area contributed by atoms with Crippen LogP contribution in [0.5, 0.6) is 11.5 Å². The molecule has 3 rings (SSSR count). The van der Waals surface area contributed by atoms with Gasteiger partial charge in [0.15, 0.2) is 15.5 Å². The van der Waals surface area contributed by atoms with Crippen molar-refractivity contribution >= 4 is 35.3 Å². The number of nitrogen functional groups attached to an aromatic ring is 1. The summed E-state index contributed by atoms with van der Waals surface area (Å²) in [7, 11) is 3.19. The number of amides is 1. The number of hydrogen-bond donors (Lipinski definition) is 2. The second kappa shape index (κ2) is 9.11. The molecule has 0 aliphatic carbocycles. The molecule has 0 unspecified atom stereocenters. The number of anilines is 1. The van der Waals surface area contributed by atoms with Crippen molar-refractivity contribution in [3.63, 3.8) is 0 Å². The third-order valence-corrected chi connectivity index (χ3v) is 5.94. The van der Waals surface area contributed by atoms with Gasteiger partial charge in [0.25, 0.3) is 5.91 Å². The third kappa shape index (κ3) is 4.44. The van der Waals surface area contributed by atoms with Gasteiger partial charge in [-0.15, -0.1) is 0 Å². The Bertz CT molecular complexity index is 1090. The molecule has 1 heterocycles. The largest absolute Gasteiger partial charge is 0.493 e. The van der Waals surface area contributed by atoms with Crippen LogP contribution in [0.1, 0.15) is 20.8 Å². The van der Waals surface area contributed by atoms with Gasteiger partial charge in [0, 0.05) is 6.54 Å². The van der Waals surface area contributed by atoms with Crippen LogP contribution in [0.4, 0.5) is 5.82 Å². The highest BCUT2D eigenvalue weighted by atomic mass is 32.1. The molecular formula is C21H23N3O3S2. The minimum atomic E-state index is -0.230. The maximum Gasteiger partial charge on any atom is 0.265 e.